The van der Waals surface area contributed by atoms with E-state index in [2.05, 4.69) is 36.5 Å². The molecule has 0 unspecified atom stereocenters. The van der Waals surface area contributed by atoms with Gasteiger partial charge in [-0.15, -0.1) is 0 Å². The van der Waals surface area contributed by atoms with Crippen LogP contribution in [-0.2, 0) is 16.0 Å². The summed E-state index contributed by atoms with van der Waals surface area (Å²) in [5.74, 6) is -0.184. The Kier molecular flexibility index (Phi) is 3.69. The van der Waals surface area contributed by atoms with Crippen LogP contribution in [0.3, 0.4) is 0 Å². The van der Waals surface area contributed by atoms with Crippen LogP contribution < -0.4 is 5.19 Å². The van der Waals surface area contributed by atoms with Gasteiger partial charge < -0.3 is 4.74 Å². The fraction of sp³-hybridized carbons (Fsp3) is 0.417. The summed E-state index contributed by atoms with van der Waals surface area (Å²) in [7, 11) is 0.195. The number of hydrogen-bond acceptors (Lipinski definition) is 2. The van der Waals surface area contributed by atoms with Crippen LogP contribution in [0.5, 0.6) is 0 Å². The largest absolute Gasteiger partial charge is 0.469 e. The Bertz CT molecular complexity index is 336. The van der Waals surface area contributed by atoms with Crippen LogP contribution in [0.25, 0.3) is 0 Å². The molecule has 0 radical (unpaired) electrons. The molecule has 1 aromatic rings. The van der Waals surface area contributed by atoms with E-state index < -0.39 is 8.07 Å². The lowest BCUT2D eigenvalue weighted by Gasteiger charge is -2.16. The first-order valence-electron chi connectivity index (χ1n) is 5.09. The first kappa shape index (κ1) is 12.0. The Labute approximate surface area is 92.3 Å². The molecule has 15 heavy (non-hydrogen) atoms. The van der Waals surface area contributed by atoms with E-state index in [4.69, 9.17) is 0 Å². The van der Waals surface area contributed by atoms with Gasteiger partial charge in [0.25, 0.3) is 0 Å². The van der Waals surface area contributed by atoms with Gasteiger partial charge in [0.15, 0.2) is 0 Å². The Morgan fingerprint density at radius 3 is 2.13 bits per heavy atom. The quantitative estimate of drug-likeness (QED) is 0.577. The van der Waals surface area contributed by atoms with Crippen molar-refractivity contribution in [2.24, 2.45) is 0 Å². The van der Waals surface area contributed by atoms with E-state index in [0.29, 0.717) is 6.42 Å². The van der Waals surface area contributed by atoms with Gasteiger partial charge in [0.1, 0.15) is 0 Å². The zero-order valence-corrected chi connectivity index (χ0v) is 10.8. The van der Waals surface area contributed by atoms with Crippen LogP contribution >= 0.6 is 0 Å². The number of benzene rings is 1. The van der Waals surface area contributed by atoms with E-state index in [1.165, 1.54) is 12.3 Å². The molecule has 3 heteroatoms. The molecule has 0 bridgehead atoms. The minimum absolute atomic E-state index is 0.184. The monoisotopic (exact) mass is 222 g/mol. The molecule has 0 aliphatic heterocycles. The summed E-state index contributed by atoms with van der Waals surface area (Å²) < 4.78 is 4.62. The topological polar surface area (TPSA) is 26.3 Å². The highest BCUT2D eigenvalue weighted by atomic mass is 28.3. The van der Waals surface area contributed by atoms with Crippen LogP contribution in [0.1, 0.15) is 5.56 Å². The molecule has 0 saturated carbocycles. The summed E-state index contributed by atoms with van der Waals surface area (Å²) in [5, 5.41) is 1.41. The van der Waals surface area contributed by atoms with Gasteiger partial charge in [0.2, 0.25) is 0 Å². The summed E-state index contributed by atoms with van der Waals surface area (Å²) >= 11 is 0. The van der Waals surface area contributed by atoms with Crippen molar-refractivity contribution in [3.63, 3.8) is 0 Å². The summed E-state index contributed by atoms with van der Waals surface area (Å²) in [5.41, 5.74) is 1.02. The Morgan fingerprint density at radius 1 is 1.20 bits per heavy atom. The van der Waals surface area contributed by atoms with Gasteiger partial charge in [0, 0.05) is 0 Å². The first-order chi connectivity index (χ1) is 6.93. The second kappa shape index (κ2) is 4.62. The summed E-state index contributed by atoms with van der Waals surface area (Å²) in [6.45, 7) is 6.92. The number of ether oxygens (including phenoxy) is 1. The lowest BCUT2D eigenvalue weighted by atomic mass is 10.1. The molecule has 2 nitrogen and oxygen atoms in total. The smallest absolute Gasteiger partial charge is 0.309 e. The number of rotatable bonds is 3. The van der Waals surface area contributed by atoms with E-state index in [-0.39, 0.29) is 5.97 Å². The van der Waals surface area contributed by atoms with Crippen LogP contribution in [0.4, 0.5) is 0 Å². The Balaban J connectivity index is 2.77. The van der Waals surface area contributed by atoms with Crippen molar-refractivity contribution in [2.75, 3.05) is 7.11 Å². The van der Waals surface area contributed by atoms with Gasteiger partial charge in [-0.2, -0.15) is 0 Å². The molecule has 1 rings (SSSR count). The van der Waals surface area contributed by atoms with E-state index in [9.17, 15) is 4.79 Å². The van der Waals surface area contributed by atoms with Gasteiger partial charge in [-0.05, 0) is 5.56 Å². The van der Waals surface area contributed by atoms with E-state index in [1.807, 2.05) is 12.1 Å². The summed E-state index contributed by atoms with van der Waals surface area (Å²) in [6, 6.07) is 8.30. The zero-order chi connectivity index (χ0) is 11.5. The molecular formula is C12H18O2Si. The maximum atomic E-state index is 11.0. The zero-order valence-electron chi connectivity index (χ0n) is 9.83. The van der Waals surface area contributed by atoms with Crippen molar-refractivity contribution in [1.29, 1.82) is 0 Å². The second-order valence-corrected chi connectivity index (χ2v) is 9.78. The highest BCUT2D eigenvalue weighted by molar-refractivity contribution is 6.88. The standard InChI is InChI=1S/C12H18O2Si/c1-14-12(13)9-10-5-7-11(8-6-10)15(2,3)4/h5-8H,9H2,1-4H3. The lowest BCUT2D eigenvalue weighted by molar-refractivity contribution is -0.139. The van der Waals surface area contributed by atoms with E-state index in [0.717, 1.165) is 5.56 Å². The highest BCUT2D eigenvalue weighted by Crippen LogP contribution is 2.05. The van der Waals surface area contributed by atoms with Gasteiger partial charge in [0.05, 0.1) is 21.6 Å². The van der Waals surface area contributed by atoms with Crippen LogP contribution in [-0.4, -0.2) is 21.2 Å². The van der Waals surface area contributed by atoms with Gasteiger partial charge in [-0.1, -0.05) is 49.1 Å². The number of carbonyl (C=O) groups is 1. The molecule has 0 N–H and O–H groups in total. The average Bonchev–Trinajstić information content (AvgIpc) is 2.17. The van der Waals surface area contributed by atoms with Crippen LogP contribution in [0, 0.1) is 0 Å². The third-order valence-electron chi connectivity index (χ3n) is 2.40. The molecule has 0 heterocycles. The molecule has 1 aromatic carbocycles. The SMILES string of the molecule is COC(=O)Cc1ccc([Si](C)(C)C)cc1. The predicted molar refractivity (Wildman–Crippen MR) is 65.1 cm³/mol. The predicted octanol–water partition coefficient (Wildman–Crippen LogP) is 1.95. The minimum Gasteiger partial charge on any atom is -0.469 e. The van der Waals surface area contributed by atoms with Gasteiger partial charge in [-0.3, -0.25) is 4.79 Å². The average molecular weight is 222 g/mol. The molecule has 0 aliphatic rings. The van der Waals surface area contributed by atoms with E-state index in [1.54, 1.807) is 0 Å². The molecule has 0 aromatic heterocycles. The summed E-state index contributed by atoms with van der Waals surface area (Å²) in [6.07, 6.45) is 0.364. The molecule has 0 amide bonds. The minimum atomic E-state index is -1.22. The third kappa shape index (κ3) is 3.51. The number of methoxy groups -OCH3 is 1. The van der Waals surface area contributed by atoms with Crippen molar-refractivity contribution in [3.05, 3.63) is 29.8 Å². The van der Waals surface area contributed by atoms with Crippen molar-refractivity contribution in [2.45, 2.75) is 26.1 Å². The highest BCUT2D eigenvalue weighted by Gasteiger charge is 2.15. The maximum Gasteiger partial charge on any atom is 0.309 e. The summed E-state index contributed by atoms with van der Waals surface area (Å²) in [4.78, 5) is 11.0. The first-order valence-corrected chi connectivity index (χ1v) is 8.59. The van der Waals surface area contributed by atoms with Crippen molar-refractivity contribution >= 4 is 19.2 Å². The van der Waals surface area contributed by atoms with Gasteiger partial charge in [-0.25, -0.2) is 0 Å². The molecule has 0 atom stereocenters. The molecule has 0 aliphatic carbocycles. The third-order valence-corrected chi connectivity index (χ3v) is 4.46. The Hall–Kier alpha value is -1.09. The van der Waals surface area contributed by atoms with E-state index >= 15 is 0 Å². The second-order valence-electron chi connectivity index (χ2n) is 4.70. The van der Waals surface area contributed by atoms with Crippen molar-refractivity contribution in [1.82, 2.24) is 0 Å². The Morgan fingerprint density at radius 2 is 1.73 bits per heavy atom. The fourth-order valence-electron chi connectivity index (χ4n) is 1.36. The fourth-order valence-corrected chi connectivity index (χ4v) is 2.53. The normalized spacial score (nSPS) is 11.2. The van der Waals surface area contributed by atoms with Crippen molar-refractivity contribution < 1.29 is 9.53 Å². The van der Waals surface area contributed by atoms with Crippen LogP contribution in [0.15, 0.2) is 24.3 Å². The lowest BCUT2D eigenvalue weighted by Crippen LogP contribution is -2.37. The molecule has 0 saturated heterocycles. The molecule has 82 valence electrons. The van der Waals surface area contributed by atoms with Crippen molar-refractivity contribution in [3.8, 4) is 0 Å². The molecule has 0 spiro atoms. The van der Waals surface area contributed by atoms with Crippen LogP contribution in [0.2, 0.25) is 19.6 Å². The number of carbonyl (C=O) groups excluding carboxylic acids is 1. The molecular weight excluding hydrogens is 204 g/mol. The number of hydrogen-bond donors (Lipinski definition) is 0. The molecule has 0 fully saturated rings. The van der Waals surface area contributed by atoms with Gasteiger partial charge >= 0.3 is 5.97 Å². The maximum absolute atomic E-state index is 11.0. The number of esters is 1.